The molecule has 0 radical (unpaired) electrons. The van der Waals surface area contributed by atoms with Gasteiger partial charge in [-0.05, 0) is 42.5 Å². The van der Waals surface area contributed by atoms with Gasteiger partial charge in [-0.25, -0.2) is 4.39 Å². The Kier molecular flexibility index (Phi) is 4.61. The van der Waals surface area contributed by atoms with Crippen LogP contribution in [0.3, 0.4) is 0 Å². The molecule has 1 spiro atoms. The molecule has 2 atom stereocenters. The zero-order valence-corrected chi connectivity index (χ0v) is 14.0. The molecule has 2 N–H and O–H groups in total. The Hall–Kier alpha value is -1.91. The average Bonchev–Trinajstić information content (AvgIpc) is 3.16. The smallest absolute Gasteiger partial charge is 0.240 e. The fourth-order valence-corrected chi connectivity index (χ4v) is 3.79. The molecule has 0 aliphatic carbocycles. The van der Waals surface area contributed by atoms with Crippen molar-refractivity contribution < 1.29 is 9.18 Å². The van der Waals surface area contributed by atoms with Crippen molar-refractivity contribution in [1.29, 1.82) is 0 Å². The largest absolute Gasteiger partial charge is 0.354 e. The Morgan fingerprint density at radius 3 is 2.67 bits per heavy atom. The fraction of sp³-hybridized carbons (Fsp3) is 0.316. The summed E-state index contributed by atoms with van der Waals surface area (Å²) in [5, 5.41) is 6.44. The van der Waals surface area contributed by atoms with Crippen LogP contribution >= 0.6 is 12.4 Å². The minimum atomic E-state index is -0.404. The highest BCUT2D eigenvalue weighted by atomic mass is 35.5. The molecule has 126 valence electrons. The number of hydrogen-bond acceptors (Lipinski definition) is 2. The third-order valence-electron chi connectivity index (χ3n) is 5.06. The van der Waals surface area contributed by atoms with Gasteiger partial charge in [0.05, 0.1) is 0 Å². The monoisotopic (exact) mass is 346 g/mol. The van der Waals surface area contributed by atoms with E-state index in [-0.39, 0.29) is 30.2 Å². The maximum Gasteiger partial charge on any atom is 0.240 e. The van der Waals surface area contributed by atoms with Crippen LogP contribution in [-0.2, 0) is 4.79 Å². The summed E-state index contributed by atoms with van der Waals surface area (Å²) in [5.74, 6) is -0.0964. The van der Waals surface area contributed by atoms with Gasteiger partial charge in [0.15, 0.2) is 0 Å². The number of nitrogens with one attached hydrogen (secondary N) is 2. The van der Waals surface area contributed by atoms with Crippen LogP contribution in [0.25, 0.3) is 11.1 Å². The van der Waals surface area contributed by atoms with Crippen molar-refractivity contribution in [3.63, 3.8) is 0 Å². The molecular weight excluding hydrogens is 327 g/mol. The Balaban J connectivity index is 0.00000169. The van der Waals surface area contributed by atoms with Gasteiger partial charge >= 0.3 is 0 Å². The molecular formula is C19H20ClFN2O. The molecule has 0 aromatic heterocycles. The first-order chi connectivity index (χ1) is 11.2. The van der Waals surface area contributed by atoms with Crippen molar-refractivity contribution in [1.82, 2.24) is 10.6 Å². The first-order valence-corrected chi connectivity index (χ1v) is 8.09. The molecule has 2 aromatic carbocycles. The maximum absolute atomic E-state index is 14.0. The highest BCUT2D eigenvalue weighted by Crippen LogP contribution is 2.38. The molecule has 2 aliphatic heterocycles. The molecule has 24 heavy (non-hydrogen) atoms. The third kappa shape index (κ3) is 2.80. The fourth-order valence-electron chi connectivity index (χ4n) is 3.79. The summed E-state index contributed by atoms with van der Waals surface area (Å²) >= 11 is 0. The van der Waals surface area contributed by atoms with Crippen LogP contribution in [0, 0.1) is 5.82 Å². The molecule has 0 bridgehead atoms. The second-order valence-corrected chi connectivity index (χ2v) is 6.43. The van der Waals surface area contributed by atoms with E-state index in [4.69, 9.17) is 0 Å². The van der Waals surface area contributed by atoms with Crippen LogP contribution < -0.4 is 10.6 Å². The van der Waals surface area contributed by atoms with Crippen molar-refractivity contribution in [2.45, 2.75) is 30.8 Å². The summed E-state index contributed by atoms with van der Waals surface area (Å²) in [6, 6.07) is 14.9. The van der Waals surface area contributed by atoms with Gasteiger partial charge in [0.25, 0.3) is 0 Å². The van der Waals surface area contributed by atoms with Crippen LogP contribution in [0.2, 0.25) is 0 Å². The lowest BCUT2D eigenvalue weighted by Gasteiger charge is -2.22. The Morgan fingerprint density at radius 1 is 1.08 bits per heavy atom. The van der Waals surface area contributed by atoms with Gasteiger partial charge in [-0.3, -0.25) is 10.1 Å². The summed E-state index contributed by atoms with van der Waals surface area (Å²) in [7, 11) is 0. The van der Waals surface area contributed by atoms with Gasteiger partial charge in [-0.2, -0.15) is 0 Å². The average molecular weight is 347 g/mol. The van der Waals surface area contributed by atoms with E-state index in [9.17, 15) is 9.18 Å². The van der Waals surface area contributed by atoms with Crippen LogP contribution in [0.1, 0.15) is 30.9 Å². The Bertz CT molecular complexity index is 767. The van der Waals surface area contributed by atoms with Crippen molar-refractivity contribution in [3.8, 4) is 11.1 Å². The first-order valence-electron chi connectivity index (χ1n) is 8.09. The molecule has 2 heterocycles. The van der Waals surface area contributed by atoms with Crippen molar-refractivity contribution in [2.75, 3.05) is 6.54 Å². The zero-order chi connectivity index (χ0) is 15.9. The van der Waals surface area contributed by atoms with Crippen LogP contribution in [0.15, 0.2) is 48.5 Å². The molecule has 0 unspecified atom stereocenters. The van der Waals surface area contributed by atoms with E-state index in [1.54, 1.807) is 12.1 Å². The predicted molar refractivity (Wildman–Crippen MR) is 94.6 cm³/mol. The zero-order valence-electron chi connectivity index (χ0n) is 13.2. The molecule has 5 heteroatoms. The highest BCUT2D eigenvalue weighted by Gasteiger charge is 2.47. The standard InChI is InChI=1S/C19H19FN2O.ClH/c20-16-7-2-1-6-15(16)13-4-3-5-14(12-13)17-8-9-19(22-17)10-11-21-18(19)23;/h1-7,12,17,22H,8-11H2,(H,21,23);1H/t17-,19+;/m1./s1. The van der Waals surface area contributed by atoms with E-state index >= 15 is 0 Å². The second kappa shape index (κ2) is 6.54. The number of carbonyl (C=O) groups excluding carboxylic acids is 1. The Labute approximate surface area is 147 Å². The van der Waals surface area contributed by atoms with E-state index in [0.717, 1.165) is 36.9 Å². The number of amides is 1. The molecule has 2 saturated heterocycles. The van der Waals surface area contributed by atoms with Crippen molar-refractivity contribution in [2.24, 2.45) is 0 Å². The number of hydrogen-bond donors (Lipinski definition) is 2. The van der Waals surface area contributed by atoms with Gasteiger partial charge in [0.2, 0.25) is 5.91 Å². The predicted octanol–water partition coefficient (Wildman–Crippen LogP) is 3.60. The summed E-state index contributed by atoms with van der Waals surface area (Å²) in [4.78, 5) is 12.1. The second-order valence-electron chi connectivity index (χ2n) is 6.43. The van der Waals surface area contributed by atoms with Crippen LogP contribution in [-0.4, -0.2) is 18.0 Å². The number of carbonyl (C=O) groups is 1. The van der Waals surface area contributed by atoms with Crippen molar-refractivity contribution in [3.05, 3.63) is 59.9 Å². The van der Waals surface area contributed by atoms with E-state index in [1.165, 1.54) is 6.07 Å². The molecule has 1 amide bonds. The summed E-state index contributed by atoms with van der Waals surface area (Å²) in [6.07, 6.45) is 2.62. The van der Waals surface area contributed by atoms with Gasteiger partial charge in [-0.15, -0.1) is 12.4 Å². The van der Waals surface area contributed by atoms with Gasteiger partial charge < -0.3 is 5.32 Å². The summed E-state index contributed by atoms with van der Waals surface area (Å²) in [6.45, 7) is 0.744. The van der Waals surface area contributed by atoms with Gasteiger partial charge in [0.1, 0.15) is 11.4 Å². The van der Waals surface area contributed by atoms with Crippen molar-refractivity contribution >= 4 is 18.3 Å². The number of rotatable bonds is 2. The van der Waals surface area contributed by atoms with E-state index in [2.05, 4.69) is 10.6 Å². The molecule has 2 aromatic rings. The lowest BCUT2D eigenvalue weighted by Crippen LogP contribution is -2.47. The molecule has 2 aliphatic rings. The molecule has 3 nitrogen and oxygen atoms in total. The lowest BCUT2D eigenvalue weighted by molar-refractivity contribution is -0.124. The Morgan fingerprint density at radius 2 is 1.92 bits per heavy atom. The quantitative estimate of drug-likeness (QED) is 0.872. The van der Waals surface area contributed by atoms with Crippen LogP contribution in [0.4, 0.5) is 4.39 Å². The van der Waals surface area contributed by atoms with E-state index < -0.39 is 5.54 Å². The summed E-state index contributed by atoms with van der Waals surface area (Å²) < 4.78 is 14.0. The van der Waals surface area contributed by atoms with E-state index in [1.807, 2.05) is 30.3 Å². The topological polar surface area (TPSA) is 41.1 Å². The minimum absolute atomic E-state index is 0. The third-order valence-corrected chi connectivity index (χ3v) is 5.06. The normalized spacial score (nSPS) is 25.5. The SMILES string of the molecule is Cl.O=C1NCC[C@@]12CC[C@H](c1cccc(-c3ccccc3F)c1)N2. The van der Waals surface area contributed by atoms with E-state index in [0.29, 0.717) is 5.56 Å². The molecule has 2 fully saturated rings. The minimum Gasteiger partial charge on any atom is -0.354 e. The van der Waals surface area contributed by atoms with Crippen LogP contribution in [0.5, 0.6) is 0 Å². The molecule has 4 rings (SSSR count). The summed E-state index contributed by atoms with van der Waals surface area (Å²) in [5.41, 5.74) is 2.20. The number of halogens is 2. The van der Waals surface area contributed by atoms with Gasteiger partial charge in [0, 0.05) is 18.2 Å². The number of benzene rings is 2. The highest BCUT2D eigenvalue weighted by molar-refractivity contribution is 5.88. The maximum atomic E-state index is 14.0. The lowest BCUT2D eigenvalue weighted by atomic mass is 9.95. The molecule has 0 saturated carbocycles. The first kappa shape index (κ1) is 16.9. The van der Waals surface area contributed by atoms with Gasteiger partial charge in [-0.1, -0.05) is 36.4 Å².